The molecule has 5 nitrogen and oxygen atoms in total. The van der Waals surface area contributed by atoms with Gasteiger partial charge in [0.1, 0.15) is 5.15 Å². The molecule has 0 bridgehead atoms. The number of anilines is 1. The Balaban J connectivity index is 2.20. The van der Waals surface area contributed by atoms with Gasteiger partial charge in [0, 0.05) is 12.6 Å². The molecule has 1 N–H and O–H groups in total. The zero-order valence-corrected chi connectivity index (χ0v) is 12.6. The van der Waals surface area contributed by atoms with Crippen LogP contribution in [0.3, 0.4) is 0 Å². The average molecular weight is 304 g/mol. The van der Waals surface area contributed by atoms with E-state index in [1.807, 2.05) is 6.92 Å². The fraction of sp³-hybridized carbons (Fsp3) is 0.583. The number of halogens is 1. The molecule has 2 heterocycles. The first kappa shape index (κ1) is 14.6. The predicted molar refractivity (Wildman–Crippen MR) is 76.5 cm³/mol. The maximum atomic E-state index is 12.4. The summed E-state index contributed by atoms with van der Waals surface area (Å²) in [5, 5.41) is 0.354. The van der Waals surface area contributed by atoms with Crippen molar-refractivity contribution in [2.45, 2.75) is 39.2 Å². The predicted octanol–water partition coefficient (Wildman–Crippen LogP) is 2.57. The number of nitrogens with zero attached hydrogens (tertiary/aromatic N) is 2. The summed E-state index contributed by atoms with van der Waals surface area (Å²) in [6.45, 7) is 4.23. The quantitative estimate of drug-likeness (QED) is 0.873. The summed E-state index contributed by atoms with van der Waals surface area (Å²) in [7, 11) is -3.52. The van der Waals surface area contributed by atoms with Crippen molar-refractivity contribution >= 4 is 27.5 Å². The van der Waals surface area contributed by atoms with E-state index in [0.717, 1.165) is 19.3 Å². The molecule has 0 aliphatic carbocycles. The number of piperidine rings is 1. The zero-order valence-electron chi connectivity index (χ0n) is 11.1. The van der Waals surface area contributed by atoms with E-state index in [1.165, 1.54) is 4.31 Å². The average Bonchev–Trinajstić information content (AvgIpc) is 2.33. The lowest BCUT2D eigenvalue weighted by Crippen LogP contribution is -2.44. The molecule has 1 fully saturated rings. The van der Waals surface area contributed by atoms with Crippen LogP contribution in [-0.4, -0.2) is 30.3 Å². The van der Waals surface area contributed by atoms with Crippen molar-refractivity contribution in [2.75, 3.05) is 11.3 Å². The summed E-state index contributed by atoms with van der Waals surface area (Å²) in [4.78, 5) is 4.04. The van der Waals surface area contributed by atoms with Gasteiger partial charge in [0.15, 0.2) is 0 Å². The fourth-order valence-electron chi connectivity index (χ4n) is 2.26. The van der Waals surface area contributed by atoms with Crippen LogP contribution in [0.4, 0.5) is 5.69 Å². The zero-order chi connectivity index (χ0) is 14.0. The summed E-state index contributed by atoms with van der Waals surface area (Å²) in [5.74, 6) is 0. The lowest BCUT2D eigenvalue weighted by atomic mass is 10.1. The van der Waals surface area contributed by atoms with E-state index in [2.05, 4.69) is 9.71 Å². The van der Waals surface area contributed by atoms with E-state index in [1.54, 1.807) is 19.1 Å². The van der Waals surface area contributed by atoms with E-state index in [4.69, 9.17) is 11.6 Å². The van der Waals surface area contributed by atoms with Crippen LogP contribution < -0.4 is 4.72 Å². The van der Waals surface area contributed by atoms with Crippen LogP contribution in [0.5, 0.6) is 0 Å². The van der Waals surface area contributed by atoms with Gasteiger partial charge in [-0.05, 0) is 38.8 Å². The third kappa shape index (κ3) is 3.38. The van der Waals surface area contributed by atoms with Gasteiger partial charge in [-0.1, -0.05) is 18.0 Å². The van der Waals surface area contributed by atoms with Crippen LogP contribution >= 0.6 is 11.6 Å². The Morgan fingerprint density at radius 2 is 2.16 bits per heavy atom. The Kier molecular flexibility index (Phi) is 4.32. The van der Waals surface area contributed by atoms with Crippen LogP contribution in [0, 0.1) is 6.92 Å². The molecule has 0 aromatic carbocycles. The molecule has 0 saturated carbocycles. The normalized spacial score (nSPS) is 21.3. The first-order valence-corrected chi connectivity index (χ1v) is 8.14. The second kappa shape index (κ2) is 5.64. The number of aryl methyl sites for hydroxylation is 1. The van der Waals surface area contributed by atoms with Crippen molar-refractivity contribution in [3.63, 3.8) is 0 Å². The number of nitrogens with one attached hydrogen (secondary N) is 1. The molecule has 0 amide bonds. The summed E-state index contributed by atoms with van der Waals surface area (Å²) in [5.41, 5.74) is 1.04. The molecule has 1 saturated heterocycles. The number of hydrogen-bond donors (Lipinski definition) is 1. The molecule has 106 valence electrons. The lowest BCUT2D eigenvalue weighted by Gasteiger charge is -2.32. The van der Waals surface area contributed by atoms with Gasteiger partial charge in [-0.15, -0.1) is 0 Å². The van der Waals surface area contributed by atoms with Gasteiger partial charge in [0.25, 0.3) is 0 Å². The molecule has 1 atom stereocenters. The number of hydrogen-bond acceptors (Lipinski definition) is 3. The Labute approximate surface area is 119 Å². The molecule has 0 spiro atoms. The Hall–Kier alpha value is -0.850. The van der Waals surface area contributed by atoms with Crippen molar-refractivity contribution in [2.24, 2.45) is 0 Å². The minimum Gasteiger partial charge on any atom is -0.269 e. The first-order chi connectivity index (χ1) is 8.90. The van der Waals surface area contributed by atoms with E-state index < -0.39 is 10.2 Å². The molecular weight excluding hydrogens is 286 g/mol. The van der Waals surface area contributed by atoms with E-state index in [0.29, 0.717) is 23.1 Å². The Bertz CT molecular complexity index is 562. The van der Waals surface area contributed by atoms with Gasteiger partial charge in [-0.3, -0.25) is 4.72 Å². The Morgan fingerprint density at radius 1 is 1.42 bits per heavy atom. The maximum absolute atomic E-state index is 12.4. The van der Waals surface area contributed by atoms with Gasteiger partial charge in [-0.25, -0.2) is 4.98 Å². The van der Waals surface area contributed by atoms with Gasteiger partial charge >= 0.3 is 10.2 Å². The second-order valence-electron chi connectivity index (χ2n) is 4.83. The number of pyridine rings is 1. The van der Waals surface area contributed by atoms with E-state index in [9.17, 15) is 8.42 Å². The monoisotopic (exact) mass is 303 g/mol. The summed E-state index contributed by atoms with van der Waals surface area (Å²) in [6.07, 6.45) is 2.89. The summed E-state index contributed by atoms with van der Waals surface area (Å²) in [6, 6.07) is 3.25. The van der Waals surface area contributed by atoms with Crippen molar-refractivity contribution < 1.29 is 8.42 Å². The van der Waals surface area contributed by atoms with Gasteiger partial charge in [0.2, 0.25) is 0 Å². The summed E-state index contributed by atoms with van der Waals surface area (Å²) < 4.78 is 28.8. The maximum Gasteiger partial charge on any atom is 0.301 e. The molecule has 1 aromatic heterocycles. The Morgan fingerprint density at radius 3 is 2.79 bits per heavy atom. The highest BCUT2D eigenvalue weighted by molar-refractivity contribution is 7.90. The van der Waals surface area contributed by atoms with E-state index in [-0.39, 0.29) is 6.04 Å². The van der Waals surface area contributed by atoms with Crippen LogP contribution in [0.1, 0.15) is 31.9 Å². The molecular formula is C12H18ClN3O2S. The fourth-order valence-corrected chi connectivity index (χ4v) is 4.01. The molecule has 1 aliphatic heterocycles. The molecule has 7 heteroatoms. The molecule has 2 rings (SSSR count). The minimum absolute atomic E-state index is 0.0341. The van der Waals surface area contributed by atoms with Crippen molar-refractivity contribution in [3.05, 3.63) is 23.0 Å². The lowest BCUT2D eigenvalue weighted by molar-refractivity contribution is 0.270. The SMILES string of the molecule is Cc1nc(Cl)ccc1NS(=O)(=O)N1CCCCC1C. The van der Waals surface area contributed by atoms with Crippen molar-refractivity contribution in [1.29, 1.82) is 0 Å². The highest BCUT2D eigenvalue weighted by Gasteiger charge is 2.29. The minimum atomic E-state index is -3.52. The largest absolute Gasteiger partial charge is 0.301 e. The molecule has 1 aromatic rings. The highest BCUT2D eigenvalue weighted by Crippen LogP contribution is 2.23. The molecule has 1 unspecified atom stereocenters. The molecule has 19 heavy (non-hydrogen) atoms. The molecule has 0 radical (unpaired) electrons. The number of aromatic nitrogens is 1. The third-order valence-electron chi connectivity index (χ3n) is 3.34. The topological polar surface area (TPSA) is 62.3 Å². The van der Waals surface area contributed by atoms with Crippen LogP contribution in [0.25, 0.3) is 0 Å². The van der Waals surface area contributed by atoms with Crippen LogP contribution in [0.2, 0.25) is 5.15 Å². The second-order valence-corrected chi connectivity index (χ2v) is 6.84. The third-order valence-corrected chi connectivity index (χ3v) is 5.19. The van der Waals surface area contributed by atoms with Gasteiger partial charge < -0.3 is 0 Å². The van der Waals surface area contributed by atoms with Crippen molar-refractivity contribution in [3.8, 4) is 0 Å². The smallest absolute Gasteiger partial charge is 0.269 e. The molecule has 1 aliphatic rings. The summed E-state index contributed by atoms with van der Waals surface area (Å²) >= 11 is 5.76. The van der Waals surface area contributed by atoms with Gasteiger partial charge in [0.05, 0.1) is 11.4 Å². The standard InChI is InChI=1S/C12H18ClN3O2S/c1-9-5-3-4-8-16(9)19(17,18)15-11-6-7-12(13)14-10(11)2/h6-7,9,15H,3-5,8H2,1-2H3. The first-order valence-electron chi connectivity index (χ1n) is 6.33. The van der Waals surface area contributed by atoms with E-state index >= 15 is 0 Å². The van der Waals surface area contributed by atoms with Crippen molar-refractivity contribution in [1.82, 2.24) is 9.29 Å². The highest BCUT2D eigenvalue weighted by atomic mass is 35.5. The van der Waals surface area contributed by atoms with Crippen LogP contribution in [0.15, 0.2) is 12.1 Å². The number of rotatable bonds is 3. The van der Waals surface area contributed by atoms with Gasteiger partial charge in [-0.2, -0.15) is 12.7 Å². The van der Waals surface area contributed by atoms with Crippen LogP contribution in [-0.2, 0) is 10.2 Å².